The third-order valence-electron chi connectivity index (χ3n) is 2.81. The largest absolute Gasteiger partial charge is 0.378 e. The van der Waals surface area contributed by atoms with E-state index in [1.807, 2.05) is 11.8 Å². The molecular weight excluding hydrogens is 228 g/mol. The molecule has 0 aromatic carbocycles. The van der Waals surface area contributed by atoms with E-state index in [1.165, 1.54) is 0 Å². The summed E-state index contributed by atoms with van der Waals surface area (Å²) in [7, 11) is 0. The SMILES string of the molecule is Cc1nn(C2CCSCC2)c(N)c1[N+](=O)[O-]. The number of rotatable bonds is 2. The monoisotopic (exact) mass is 242 g/mol. The zero-order valence-electron chi connectivity index (χ0n) is 9.05. The Morgan fingerprint density at radius 2 is 2.19 bits per heavy atom. The highest BCUT2D eigenvalue weighted by molar-refractivity contribution is 7.99. The summed E-state index contributed by atoms with van der Waals surface area (Å²) in [6, 6.07) is 0.216. The Bertz CT molecular complexity index is 412. The zero-order chi connectivity index (χ0) is 11.7. The van der Waals surface area contributed by atoms with Crippen molar-refractivity contribution in [2.45, 2.75) is 25.8 Å². The summed E-state index contributed by atoms with van der Waals surface area (Å²) >= 11 is 1.90. The van der Waals surface area contributed by atoms with Crippen molar-refractivity contribution >= 4 is 23.3 Å². The number of nitrogens with zero attached hydrogens (tertiary/aromatic N) is 3. The van der Waals surface area contributed by atoms with Gasteiger partial charge in [0.2, 0.25) is 5.82 Å². The van der Waals surface area contributed by atoms with E-state index >= 15 is 0 Å². The number of nitrogens with two attached hydrogens (primary N) is 1. The summed E-state index contributed by atoms with van der Waals surface area (Å²) in [5.74, 6) is 2.33. The molecule has 16 heavy (non-hydrogen) atoms. The Balaban J connectivity index is 2.34. The molecule has 0 spiro atoms. The summed E-state index contributed by atoms with van der Waals surface area (Å²) in [6.07, 6.45) is 1.96. The molecule has 2 rings (SSSR count). The van der Waals surface area contributed by atoms with Crippen LogP contribution >= 0.6 is 11.8 Å². The first-order valence-electron chi connectivity index (χ1n) is 5.18. The van der Waals surface area contributed by atoms with Gasteiger partial charge in [-0.2, -0.15) is 16.9 Å². The number of nitrogen functional groups attached to an aromatic ring is 1. The second-order valence-corrected chi connectivity index (χ2v) is 5.09. The molecule has 0 radical (unpaired) electrons. The smallest absolute Gasteiger partial charge is 0.333 e. The molecule has 1 aromatic rings. The third kappa shape index (κ3) is 1.87. The van der Waals surface area contributed by atoms with Crippen LogP contribution < -0.4 is 5.73 Å². The Morgan fingerprint density at radius 3 is 2.69 bits per heavy atom. The molecule has 1 saturated heterocycles. The van der Waals surface area contributed by atoms with E-state index in [0.29, 0.717) is 5.69 Å². The average Bonchev–Trinajstić information content (AvgIpc) is 2.55. The van der Waals surface area contributed by atoms with E-state index in [4.69, 9.17) is 5.73 Å². The summed E-state index contributed by atoms with van der Waals surface area (Å²) < 4.78 is 1.63. The Labute approximate surface area is 97.3 Å². The zero-order valence-corrected chi connectivity index (χ0v) is 9.87. The molecule has 0 saturated carbocycles. The lowest BCUT2D eigenvalue weighted by atomic mass is 10.1. The highest BCUT2D eigenvalue weighted by atomic mass is 32.2. The van der Waals surface area contributed by atoms with Gasteiger partial charge in [0, 0.05) is 0 Å². The summed E-state index contributed by atoms with van der Waals surface area (Å²) in [5.41, 5.74) is 6.15. The normalized spacial score (nSPS) is 17.6. The van der Waals surface area contributed by atoms with Crippen LogP contribution in [-0.2, 0) is 0 Å². The van der Waals surface area contributed by atoms with Gasteiger partial charge in [0.25, 0.3) is 0 Å². The van der Waals surface area contributed by atoms with Crippen LogP contribution in [0, 0.1) is 17.0 Å². The molecule has 6 nitrogen and oxygen atoms in total. The van der Waals surface area contributed by atoms with Crippen LogP contribution in [0.3, 0.4) is 0 Å². The molecular formula is C9H14N4O2S. The molecule has 1 aromatic heterocycles. The molecule has 0 aliphatic carbocycles. The summed E-state index contributed by atoms with van der Waals surface area (Å²) in [6.45, 7) is 1.63. The fourth-order valence-corrected chi connectivity index (χ4v) is 3.07. The van der Waals surface area contributed by atoms with Gasteiger partial charge < -0.3 is 5.73 Å². The van der Waals surface area contributed by atoms with E-state index < -0.39 is 4.92 Å². The predicted octanol–water partition coefficient (Wildman–Crippen LogP) is 1.75. The minimum absolute atomic E-state index is 0.0433. The maximum atomic E-state index is 10.8. The van der Waals surface area contributed by atoms with Crippen molar-refractivity contribution < 1.29 is 4.92 Å². The van der Waals surface area contributed by atoms with E-state index in [-0.39, 0.29) is 17.5 Å². The van der Waals surface area contributed by atoms with Gasteiger partial charge >= 0.3 is 5.69 Å². The molecule has 2 heterocycles. The van der Waals surface area contributed by atoms with Crippen molar-refractivity contribution in [3.63, 3.8) is 0 Å². The molecule has 0 bridgehead atoms. The van der Waals surface area contributed by atoms with Gasteiger partial charge in [-0.15, -0.1) is 0 Å². The van der Waals surface area contributed by atoms with Gasteiger partial charge in [0.05, 0.1) is 11.0 Å². The van der Waals surface area contributed by atoms with Crippen LogP contribution in [0.4, 0.5) is 11.5 Å². The second kappa shape index (κ2) is 4.32. The maximum Gasteiger partial charge on any atom is 0.333 e. The van der Waals surface area contributed by atoms with E-state index in [0.717, 1.165) is 24.3 Å². The number of aryl methyl sites for hydroxylation is 1. The predicted molar refractivity (Wildman–Crippen MR) is 63.6 cm³/mol. The van der Waals surface area contributed by atoms with Crippen LogP contribution in [0.5, 0.6) is 0 Å². The van der Waals surface area contributed by atoms with Crippen LogP contribution in [0.25, 0.3) is 0 Å². The fraction of sp³-hybridized carbons (Fsp3) is 0.667. The van der Waals surface area contributed by atoms with E-state index in [9.17, 15) is 10.1 Å². The molecule has 1 fully saturated rings. The standard InChI is InChI=1S/C9H14N4O2S/c1-6-8(13(14)15)9(10)12(11-6)7-2-4-16-5-3-7/h7H,2-5,10H2,1H3. The topological polar surface area (TPSA) is 87.0 Å². The van der Waals surface area contributed by atoms with Crippen molar-refractivity contribution in [3.05, 3.63) is 15.8 Å². The van der Waals surface area contributed by atoms with Gasteiger partial charge in [-0.25, -0.2) is 4.68 Å². The molecule has 2 N–H and O–H groups in total. The molecule has 1 aliphatic heterocycles. The summed E-state index contributed by atoms with van der Waals surface area (Å²) in [5, 5.41) is 15.0. The number of aromatic nitrogens is 2. The average molecular weight is 242 g/mol. The van der Waals surface area contributed by atoms with Crippen LogP contribution in [0.2, 0.25) is 0 Å². The van der Waals surface area contributed by atoms with E-state index in [1.54, 1.807) is 11.6 Å². The number of anilines is 1. The van der Waals surface area contributed by atoms with Crippen molar-refractivity contribution in [2.24, 2.45) is 0 Å². The summed E-state index contributed by atoms with van der Waals surface area (Å²) in [4.78, 5) is 10.4. The van der Waals surface area contributed by atoms with Gasteiger partial charge in [-0.3, -0.25) is 10.1 Å². The lowest BCUT2D eigenvalue weighted by Crippen LogP contribution is -2.18. The van der Waals surface area contributed by atoms with Crippen molar-refractivity contribution in [3.8, 4) is 0 Å². The first-order chi connectivity index (χ1) is 7.61. The molecule has 0 atom stereocenters. The Morgan fingerprint density at radius 1 is 1.56 bits per heavy atom. The van der Waals surface area contributed by atoms with Crippen molar-refractivity contribution in [1.29, 1.82) is 0 Å². The maximum absolute atomic E-state index is 10.8. The second-order valence-electron chi connectivity index (χ2n) is 3.86. The molecule has 0 unspecified atom stereocenters. The van der Waals surface area contributed by atoms with Crippen LogP contribution in [0.15, 0.2) is 0 Å². The number of hydrogen-bond donors (Lipinski definition) is 1. The fourth-order valence-electron chi connectivity index (χ4n) is 1.99. The minimum atomic E-state index is -0.453. The molecule has 0 amide bonds. The molecule has 88 valence electrons. The first-order valence-corrected chi connectivity index (χ1v) is 6.33. The highest BCUT2D eigenvalue weighted by Crippen LogP contribution is 2.33. The number of nitro groups is 1. The van der Waals surface area contributed by atoms with E-state index in [2.05, 4.69) is 5.10 Å². The Hall–Kier alpha value is -1.24. The number of hydrogen-bond acceptors (Lipinski definition) is 5. The first kappa shape index (κ1) is 11.3. The number of thioether (sulfide) groups is 1. The third-order valence-corrected chi connectivity index (χ3v) is 3.86. The lowest BCUT2D eigenvalue weighted by Gasteiger charge is -2.22. The van der Waals surface area contributed by atoms with Gasteiger partial charge in [0.15, 0.2) is 0 Å². The molecule has 7 heteroatoms. The van der Waals surface area contributed by atoms with Crippen LogP contribution in [-0.4, -0.2) is 26.2 Å². The van der Waals surface area contributed by atoms with Gasteiger partial charge in [-0.1, -0.05) is 0 Å². The Kier molecular flexibility index (Phi) is 3.04. The lowest BCUT2D eigenvalue weighted by molar-refractivity contribution is -0.384. The van der Waals surface area contributed by atoms with Crippen LogP contribution in [0.1, 0.15) is 24.6 Å². The quantitative estimate of drug-likeness (QED) is 0.630. The molecule has 1 aliphatic rings. The highest BCUT2D eigenvalue weighted by Gasteiger charge is 2.27. The van der Waals surface area contributed by atoms with Gasteiger partial charge in [-0.05, 0) is 31.3 Å². The minimum Gasteiger partial charge on any atom is -0.378 e. The van der Waals surface area contributed by atoms with Crippen molar-refractivity contribution in [2.75, 3.05) is 17.2 Å². The van der Waals surface area contributed by atoms with Crippen molar-refractivity contribution in [1.82, 2.24) is 9.78 Å². The van der Waals surface area contributed by atoms with Gasteiger partial charge in [0.1, 0.15) is 5.69 Å².